The largest absolute Gasteiger partial charge is 0.478 e. The van der Waals surface area contributed by atoms with Gasteiger partial charge in [0.25, 0.3) is 10.0 Å². The van der Waals surface area contributed by atoms with E-state index in [2.05, 4.69) is 9.62 Å². The summed E-state index contributed by atoms with van der Waals surface area (Å²) < 4.78 is 27.6. The normalized spacial score (nSPS) is 14.3. The predicted molar refractivity (Wildman–Crippen MR) is 127 cm³/mol. The Balaban J connectivity index is 1.53. The van der Waals surface area contributed by atoms with Crippen LogP contribution in [0.15, 0.2) is 77.7 Å². The van der Waals surface area contributed by atoms with Crippen LogP contribution in [0.25, 0.3) is 0 Å². The van der Waals surface area contributed by atoms with Crippen LogP contribution in [0.1, 0.15) is 10.4 Å². The molecule has 1 aliphatic rings. The Morgan fingerprint density at radius 1 is 0.844 bits per heavy atom. The minimum absolute atomic E-state index is 0.0458. The Bertz CT molecular complexity index is 1230. The molecule has 3 aromatic rings. The molecule has 1 aliphatic heterocycles. The van der Waals surface area contributed by atoms with E-state index < -0.39 is 16.0 Å². The summed E-state index contributed by atoms with van der Waals surface area (Å²) in [5.41, 5.74) is 1.76. The molecule has 0 radical (unpaired) electrons. The van der Waals surface area contributed by atoms with Crippen molar-refractivity contribution in [3.05, 3.63) is 83.4 Å². The van der Waals surface area contributed by atoms with Crippen molar-refractivity contribution in [3.8, 4) is 0 Å². The highest BCUT2D eigenvalue weighted by atomic mass is 35.5. The SMILES string of the molecule is O=C(O)c1cc(NS(=O)(=O)c2ccccc2)ccc1N1CCN(c2ccccc2Cl)CC1. The van der Waals surface area contributed by atoms with Crippen LogP contribution in [0.2, 0.25) is 5.02 Å². The third-order valence-corrected chi connectivity index (χ3v) is 7.06. The lowest BCUT2D eigenvalue weighted by atomic mass is 10.1. The average molecular weight is 472 g/mol. The summed E-state index contributed by atoms with van der Waals surface area (Å²) >= 11 is 6.30. The van der Waals surface area contributed by atoms with Gasteiger partial charge in [-0.2, -0.15) is 0 Å². The molecule has 0 unspecified atom stereocenters. The molecule has 1 fully saturated rings. The van der Waals surface area contributed by atoms with Gasteiger partial charge in [-0.15, -0.1) is 0 Å². The number of sulfonamides is 1. The van der Waals surface area contributed by atoms with E-state index in [1.807, 2.05) is 29.2 Å². The molecule has 1 heterocycles. The standard InChI is InChI=1S/C23H22ClN3O4S/c24-20-8-4-5-9-22(20)27-14-12-26(13-15-27)21-11-10-17(16-19(21)23(28)29)25-32(30,31)18-6-2-1-3-7-18/h1-11,16,25H,12-15H2,(H,28,29). The van der Waals surface area contributed by atoms with Gasteiger partial charge in [0, 0.05) is 31.9 Å². The molecule has 0 aromatic heterocycles. The third kappa shape index (κ3) is 4.66. The molecular formula is C23H22ClN3O4S. The quantitative estimate of drug-likeness (QED) is 0.561. The van der Waals surface area contributed by atoms with Crippen LogP contribution in [0.3, 0.4) is 0 Å². The number of benzene rings is 3. The zero-order chi connectivity index (χ0) is 22.7. The van der Waals surface area contributed by atoms with E-state index in [1.165, 1.54) is 18.2 Å². The molecule has 1 saturated heterocycles. The summed E-state index contributed by atoms with van der Waals surface area (Å²) in [6.07, 6.45) is 0. The van der Waals surface area contributed by atoms with Gasteiger partial charge < -0.3 is 14.9 Å². The number of aromatic carboxylic acids is 1. The molecule has 0 bridgehead atoms. The first-order valence-electron chi connectivity index (χ1n) is 10.0. The predicted octanol–water partition coefficient (Wildman–Crippen LogP) is 4.17. The molecule has 3 aromatic carbocycles. The van der Waals surface area contributed by atoms with Crippen LogP contribution < -0.4 is 14.5 Å². The average Bonchev–Trinajstić information content (AvgIpc) is 2.80. The fourth-order valence-corrected chi connectivity index (χ4v) is 5.08. The topological polar surface area (TPSA) is 89.9 Å². The van der Waals surface area contributed by atoms with Crippen molar-refractivity contribution in [1.29, 1.82) is 0 Å². The first-order chi connectivity index (χ1) is 15.3. The Morgan fingerprint density at radius 2 is 1.44 bits per heavy atom. The number of carbonyl (C=O) groups is 1. The van der Waals surface area contributed by atoms with Gasteiger partial charge in [-0.3, -0.25) is 4.72 Å². The molecular weight excluding hydrogens is 450 g/mol. The van der Waals surface area contributed by atoms with Gasteiger partial charge >= 0.3 is 5.97 Å². The van der Waals surface area contributed by atoms with Crippen molar-refractivity contribution < 1.29 is 18.3 Å². The lowest BCUT2D eigenvalue weighted by Crippen LogP contribution is -2.47. The molecule has 32 heavy (non-hydrogen) atoms. The summed E-state index contributed by atoms with van der Waals surface area (Å²) in [5.74, 6) is -1.12. The molecule has 2 N–H and O–H groups in total. The number of halogens is 1. The van der Waals surface area contributed by atoms with Crippen molar-refractivity contribution in [2.45, 2.75) is 4.90 Å². The number of piperazine rings is 1. The van der Waals surface area contributed by atoms with Gasteiger partial charge in [0.2, 0.25) is 0 Å². The van der Waals surface area contributed by atoms with Crippen molar-refractivity contribution in [3.63, 3.8) is 0 Å². The second-order valence-electron chi connectivity index (χ2n) is 7.38. The molecule has 0 aliphatic carbocycles. The van der Waals surface area contributed by atoms with Crippen LogP contribution >= 0.6 is 11.6 Å². The van der Waals surface area contributed by atoms with E-state index in [9.17, 15) is 18.3 Å². The van der Waals surface area contributed by atoms with Gasteiger partial charge in [0.05, 0.1) is 26.9 Å². The van der Waals surface area contributed by atoms with Crippen LogP contribution in [0.5, 0.6) is 0 Å². The van der Waals surface area contributed by atoms with Crippen molar-refractivity contribution in [1.82, 2.24) is 0 Å². The van der Waals surface area contributed by atoms with E-state index >= 15 is 0 Å². The van der Waals surface area contributed by atoms with Gasteiger partial charge in [-0.05, 0) is 42.5 Å². The zero-order valence-corrected chi connectivity index (χ0v) is 18.7. The van der Waals surface area contributed by atoms with Crippen molar-refractivity contribution in [2.75, 3.05) is 40.7 Å². The van der Waals surface area contributed by atoms with E-state index in [4.69, 9.17) is 11.6 Å². The van der Waals surface area contributed by atoms with Crippen LogP contribution in [-0.4, -0.2) is 45.7 Å². The Morgan fingerprint density at radius 3 is 2.06 bits per heavy atom. The van der Waals surface area contributed by atoms with Crippen LogP contribution in [0.4, 0.5) is 17.1 Å². The first kappa shape index (κ1) is 22.0. The maximum atomic E-state index is 12.6. The molecule has 166 valence electrons. The van der Waals surface area contributed by atoms with Gasteiger partial charge in [-0.25, -0.2) is 13.2 Å². The van der Waals surface area contributed by atoms with Crippen LogP contribution in [-0.2, 0) is 10.0 Å². The highest BCUT2D eigenvalue weighted by Gasteiger charge is 2.23. The Kier molecular flexibility index (Phi) is 6.25. The highest BCUT2D eigenvalue weighted by molar-refractivity contribution is 7.92. The van der Waals surface area contributed by atoms with Crippen molar-refractivity contribution in [2.24, 2.45) is 0 Å². The number of para-hydroxylation sites is 1. The number of carboxylic acids is 1. The first-order valence-corrected chi connectivity index (χ1v) is 11.9. The fourth-order valence-electron chi connectivity index (χ4n) is 3.76. The minimum atomic E-state index is -3.81. The second kappa shape index (κ2) is 9.10. The zero-order valence-electron chi connectivity index (χ0n) is 17.1. The molecule has 0 spiro atoms. The summed E-state index contributed by atoms with van der Waals surface area (Å²) in [4.78, 5) is 16.2. The van der Waals surface area contributed by atoms with E-state index in [0.717, 1.165) is 5.69 Å². The van der Waals surface area contributed by atoms with E-state index in [1.54, 1.807) is 30.3 Å². The molecule has 9 heteroatoms. The fraction of sp³-hybridized carbons (Fsp3) is 0.174. The summed E-state index contributed by atoms with van der Waals surface area (Å²) in [5, 5.41) is 10.5. The lowest BCUT2D eigenvalue weighted by Gasteiger charge is -2.38. The number of carboxylic acid groups (broad SMARTS) is 1. The summed E-state index contributed by atoms with van der Waals surface area (Å²) in [7, 11) is -3.81. The molecule has 0 amide bonds. The molecule has 7 nitrogen and oxygen atoms in total. The number of nitrogens with one attached hydrogen (secondary N) is 1. The summed E-state index contributed by atoms with van der Waals surface area (Å²) in [6.45, 7) is 2.59. The number of anilines is 3. The van der Waals surface area contributed by atoms with E-state index in [-0.39, 0.29) is 16.1 Å². The minimum Gasteiger partial charge on any atom is -0.478 e. The Labute approximate surface area is 191 Å². The van der Waals surface area contributed by atoms with E-state index in [0.29, 0.717) is 36.9 Å². The van der Waals surface area contributed by atoms with Gasteiger partial charge in [0.15, 0.2) is 0 Å². The van der Waals surface area contributed by atoms with Gasteiger partial charge in [0.1, 0.15) is 0 Å². The van der Waals surface area contributed by atoms with Gasteiger partial charge in [-0.1, -0.05) is 41.9 Å². The molecule has 0 saturated carbocycles. The number of hydrogen-bond donors (Lipinski definition) is 2. The second-order valence-corrected chi connectivity index (χ2v) is 9.47. The number of rotatable bonds is 6. The maximum absolute atomic E-state index is 12.6. The lowest BCUT2D eigenvalue weighted by molar-refractivity contribution is 0.0697. The molecule has 4 rings (SSSR count). The van der Waals surface area contributed by atoms with Crippen LogP contribution in [0, 0.1) is 0 Å². The third-order valence-electron chi connectivity index (χ3n) is 5.35. The summed E-state index contributed by atoms with van der Waals surface area (Å²) in [6, 6.07) is 20.2. The number of hydrogen-bond acceptors (Lipinski definition) is 5. The smallest absolute Gasteiger partial charge is 0.337 e. The Hall–Kier alpha value is -3.23. The highest BCUT2D eigenvalue weighted by Crippen LogP contribution is 2.30. The maximum Gasteiger partial charge on any atom is 0.337 e. The molecule has 0 atom stereocenters. The monoisotopic (exact) mass is 471 g/mol. The number of nitrogens with zero attached hydrogens (tertiary/aromatic N) is 2. The van der Waals surface area contributed by atoms with Crippen molar-refractivity contribution >= 4 is 44.7 Å².